The van der Waals surface area contributed by atoms with Crippen molar-refractivity contribution in [2.45, 2.75) is 18.3 Å². The Morgan fingerprint density at radius 1 is 1.40 bits per heavy atom. The summed E-state index contributed by atoms with van der Waals surface area (Å²) in [5.41, 5.74) is 2.51. The minimum Gasteiger partial charge on any atom is -0.356 e. The third kappa shape index (κ3) is 0.741. The Kier molecular flexibility index (Phi) is 1.02. The minimum atomic E-state index is -0.221. The van der Waals surface area contributed by atoms with Crippen LogP contribution in [-0.4, -0.2) is 11.1 Å². The van der Waals surface area contributed by atoms with E-state index in [4.69, 9.17) is 4.52 Å². The maximum absolute atomic E-state index is 11.8. The summed E-state index contributed by atoms with van der Waals surface area (Å²) in [6.07, 6.45) is 3.61. The molecule has 2 heterocycles. The van der Waals surface area contributed by atoms with Crippen molar-refractivity contribution < 1.29 is 9.32 Å². The molecule has 4 rings (SSSR count). The highest BCUT2D eigenvalue weighted by Gasteiger charge is 2.56. The number of aromatic nitrogens is 1. The van der Waals surface area contributed by atoms with Crippen molar-refractivity contribution in [1.29, 1.82) is 0 Å². The molecule has 1 spiro atoms. The fraction of sp³-hybridized carbons (Fsp3) is 0.273. The van der Waals surface area contributed by atoms with Crippen LogP contribution in [0, 0.1) is 0 Å². The van der Waals surface area contributed by atoms with E-state index in [0.717, 1.165) is 35.1 Å². The third-order valence-electron chi connectivity index (χ3n) is 3.44. The fourth-order valence-corrected chi connectivity index (χ4v) is 2.40. The average Bonchev–Trinajstić information content (AvgIpc) is 2.83. The Morgan fingerprint density at radius 3 is 3.07 bits per heavy atom. The van der Waals surface area contributed by atoms with Gasteiger partial charge in [-0.2, -0.15) is 0 Å². The van der Waals surface area contributed by atoms with Crippen molar-refractivity contribution in [2.75, 3.05) is 5.32 Å². The van der Waals surface area contributed by atoms with Gasteiger partial charge in [-0.15, -0.1) is 0 Å². The summed E-state index contributed by atoms with van der Waals surface area (Å²) in [6, 6.07) is 3.88. The highest BCUT2D eigenvalue weighted by atomic mass is 16.5. The number of rotatable bonds is 0. The van der Waals surface area contributed by atoms with Crippen LogP contribution in [0.1, 0.15) is 18.4 Å². The Bertz CT molecular complexity index is 596. The molecule has 1 N–H and O–H groups in total. The molecule has 0 radical (unpaired) electrons. The van der Waals surface area contributed by atoms with Crippen molar-refractivity contribution in [2.24, 2.45) is 0 Å². The van der Waals surface area contributed by atoms with Gasteiger partial charge in [0.15, 0.2) is 5.58 Å². The predicted molar refractivity (Wildman–Crippen MR) is 53.6 cm³/mol. The van der Waals surface area contributed by atoms with E-state index in [1.165, 1.54) is 0 Å². The molecule has 74 valence electrons. The first-order valence-corrected chi connectivity index (χ1v) is 5.00. The summed E-state index contributed by atoms with van der Waals surface area (Å²) in [4.78, 5) is 11.8. The molecule has 1 amide bonds. The fourth-order valence-electron chi connectivity index (χ4n) is 2.40. The van der Waals surface area contributed by atoms with Crippen LogP contribution in [0.25, 0.3) is 11.0 Å². The zero-order valence-electron chi connectivity index (χ0n) is 7.91. The number of benzene rings is 1. The van der Waals surface area contributed by atoms with Gasteiger partial charge in [-0.3, -0.25) is 4.79 Å². The lowest BCUT2D eigenvalue weighted by Crippen LogP contribution is -2.18. The molecule has 2 aromatic rings. The van der Waals surface area contributed by atoms with Gasteiger partial charge in [0.25, 0.3) is 0 Å². The molecule has 1 fully saturated rings. The van der Waals surface area contributed by atoms with E-state index in [-0.39, 0.29) is 11.3 Å². The van der Waals surface area contributed by atoms with Gasteiger partial charge in [0.1, 0.15) is 0 Å². The lowest BCUT2D eigenvalue weighted by atomic mass is 9.97. The normalized spacial score (nSPS) is 20.7. The van der Waals surface area contributed by atoms with Crippen molar-refractivity contribution >= 4 is 22.6 Å². The van der Waals surface area contributed by atoms with Gasteiger partial charge in [0.05, 0.1) is 11.6 Å². The first-order valence-electron chi connectivity index (χ1n) is 5.00. The van der Waals surface area contributed by atoms with E-state index in [2.05, 4.69) is 10.5 Å². The molecule has 2 aliphatic rings. The number of carbonyl (C=O) groups is 1. The summed E-state index contributed by atoms with van der Waals surface area (Å²) in [6.45, 7) is 0. The third-order valence-corrected chi connectivity index (χ3v) is 3.44. The van der Waals surface area contributed by atoms with Crippen LogP contribution in [0.5, 0.6) is 0 Å². The number of carbonyl (C=O) groups excluding carboxylic acids is 1. The van der Waals surface area contributed by atoms with Crippen LogP contribution in [0.15, 0.2) is 22.9 Å². The van der Waals surface area contributed by atoms with Gasteiger partial charge < -0.3 is 9.84 Å². The van der Waals surface area contributed by atoms with Crippen LogP contribution in [-0.2, 0) is 10.2 Å². The van der Waals surface area contributed by atoms with E-state index in [1.54, 1.807) is 6.20 Å². The van der Waals surface area contributed by atoms with Gasteiger partial charge in [-0.1, -0.05) is 5.16 Å². The Morgan fingerprint density at radius 2 is 2.27 bits per heavy atom. The molecule has 4 heteroatoms. The molecular weight excluding hydrogens is 192 g/mol. The molecule has 1 aromatic heterocycles. The monoisotopic (exact) mass is 200 g/mol. The van der Waals surface area contributed by atoms with Gasteiger partial charge in [-0.25, -0.2) is 0 Å². The molecular formula is C11H8N2O2. The Balaban J connectivity index is 2.08. The van der Waals surface area contributed by atoms with Crippen molar-refractivity contribution in [3.63, 3.8) is 0 Å². The number of amides is 1. The van der Waals surface area contributed by atoms with Crippen LogP contribution in [0.4, 0.5) is 5.69 Å². The number of anilines is 1. The highest BCUT2D eigenvalue weighted by Crippen LogP contribution is 2.55. The number of nitrogens with zero attached hydrogens (tertiary/aromatic N) is 1. The zero-order valence-corrected chi connectivity index (χ0v) is 7.91. The van der Waals surface area contributed by atoms with Crippen molar-refractivity contribution in [3.8, 4) is 0 Å². The predicted octanol–water partition coefficient (Wildman–Crippen LogP) is 1.81. The molecule has 4 nitrogen and oxygen atoms in total. The van der Waals surface area contributed by atoms with Crippen molar-refractivity contribution in [3.05, 3.63) is 23.9 Å². The smallest absolute Gasteiger partial charge is 0.235 e. The molecule has 1 aliphatic carbocycles. The Labute approximate surface area is 85.2 Å². The number of fused-ring (bicyclic) bond motifs is 3. The number of hydrogen-bond donors (Lipinski definition) is 1. The lowest BCUT2D eigenvalue weighted by Gasteiger charge is -2.02. The van der Waals surface area contributed by atoms with E-state index in [0.29, 0.717) is 0 Å². The molecule has 0 atom stereocenters. The summed E-state index contributed by atoms with van der Waals surface area (Å²) >= 11 is 0. The quantitative estimate of drug-likeness (QED) is 0.705. The standard InChI is InChI=1S/C11H8N2O2/c14-10-11(1-2-11)7-3-6-5-12-15-9(6)4-8(7)13-10/h3-5H,1-2H2,(H,13,14). The molecule has 15 heavy (non-hydrogen) atoms. The Hall–Kier alpha value is -1.84. The summed E-state index contributed by atoms with van der Waals surface area (Å²) in [7, 11) is 0. The number of hydrogen-bond acceptors (Lipinski definition) is 3. The van der Waals surface area contributed by atoms with Gasteiger partial charge >= 0.3 is 0 Å². The molecule has 0 saturated heterocycles. The summed E-state index contributed by atoms with van der Waals surface area (Å²) < 4.78 is 5.07. The zero-order chi connectivity index (χ0) is 10.0. The lowest BCUT2D eigenvalue weighted by molar-refractivity contribution is -0.117. The number of nitrogens with one attached hydrogen (secondary N) is 1. The molecule has 0 unspecified atom stereocenters. The van der Waals surface area contributed by atoms with Crippen LogP contribution >= 0.6 is 0 Å². The van der Waals surface area contributed by atoms with Crippen molar-refractivity contribution in [1.82, 2.24) is 5.16 Å². The van der Waals surface area contributed by atoms with E-state index in [9.17, 15) is 4.79 Å². The molecule has 0 bridgehead atoms. The highest BCUT2D eigenvalue weighted by molar-refractivity contribution is 6.10. The van der Waals surface area contributed by atoms with Crippen LogP contribution in [0.3, 0.4) is 0 Å². The maximum Gasteiger partial charge on any atom is 0.235 e. The van der Waals surface area contributed by atoms with E-state index >= 15 is 0 Å². The van der Waals surface area contributed by atoms with E-state index in [1.807, 2.05) is 12.1 Å². The molecule has 1 aliphatic heterocycles. The minimum absolute atomic E-state index is 0.137. The summed E-state index contributed by atoms with van der Waals surface area (Å²) in [5.74, 6) is 0.137. The van der Waals surface area contributed by atoms with Gasteiger partial charge in [0, 0.05) is 17.1 Å². The average molecular weight is 200 g/mol. The second-order valence-corrected chi connectivity index (χ2v) is 4.30. The molecule has 1 saturated carbocycles. The second kappa shape index (κ2) is 2.05. The summed E-state index contributed by atoms with van der Waals surface area (Å²) in [5, 5.41) is 7.62. The van der Waals surface area contributed by atoms with E-state index < -0.39 is 0 Å². The van der Waals surface area contributed by atoms with Crippen LogP contribution in [0.2, 0.25) is 0 Å². The first-order chi connectivity index (χ1) is 7.29. The molecule has 1 aromatic carbocycles. The van der Waals surface area contributed by atoms with Gasteiger partial charge in [0.2, 0.25) is 5.91 Å². The first kappa shape index (κ1) is 7.45. The second-order valence-electron chi connectivity index (χ2n) is 4.30. The topological polar surface area (TPSA) is 55.1 Å². The van der Waals surface area contributed by atoms with Gasteiger partial charge in [-0.05, 0) is 24.5 Å². The SMILES string of the molecule is O=C1Nc2cc3oncc3cc2C12CC2. The largest absolute Gasteiger partial charge is 0.356 e. The van der Waals surface area contributed by atoms with Crippen LogP contribution < -0.4 is 5.32 Å². The maximum atomic E-state index is 11.8.